The molecular weight excluding hydrogens is 286 g/mol. The minimum Gasteiger partial charge on any atom is -0.438 e. The smallest absolute Gasteiger partial charge is 0.280 e. The summed E-state index contributed by atoms with van der Waals surface area (Å²) >= 11 is 1.27. The zero-order chi connectivity index (χ0) is 14.8. The highest BCUT2D eigenvalue weighted by atomic mass is 32.1. The van der Waals surface area contributed by atoms with E-state index in [1.807, 2.05) is 31.2 Å². The minimum absolute atomic E-state index is 0.211. The van der Waals surface area contributed by atoms with E-state index in [1.165, 1.54) is 11.3 Å². The summed E-state index contributed by atoms with van der Waals surface area (Å²) in [7, 11) is 1.58. The van der Waals surface area contributed by atoms with Gasteiger partial charge in [0.1, 0.15) is 10.4 Å². The number of ether oxygens (including phenoxy) is 1. The highest BCUT2D eigenvalue weighted by Gasteiger charge is 2.15. The van der Waals surface area contributed by atoms with Crippen LogP contribution in [-0.2, 0) is 0 Å². The maximum absolute atomic E-state index is 11.7. The Morgan fingerprint density at radius 2 is 2.00 bits per heavy atom. The molecule has 3 aromatic rings. The number of pyridine rings is 1. The molecule has 0 aliphatic rings. The summed E-state index contributed by atoms with van der Waals surface area (Å²) in [6.45, 7) is 2.02. The fourth-order valence-electron chi connectivity index (χ4n) is 1.83. The maximum atomic E-state index is 11.7. The molecule has 6 heteroatoms. The van der Waals surface area contributed by atoms with E-state index >= 15 is 0 Å². The molecule has 0 spiro atoms. The van der Waals surface area contributed by atoms with E-state index < -0.39 is 0 Å². The number of benzene rings is 1. The topological polar surface area (TPSA) is 64.1 Å². The predicted octanol–water partition coefficient (Wildman–Crippen LogP) is 3.15. The molecule has 0 saturated carbocycles. The molecule has 0 aliphatic heterocycles. The van der Waals surface area contributed by atoms with Crippen LogP contribution in [0, 0.1) is 6.92 Å². The van der Waals surface area contributed by atoms with E-state index in [0.29, 0.717) is 22.2 Å². The van der Waals surface area contributed by atoms with Crippen LogP contribution in [0.2, 0.25) is 0 Å². The van der Waals surface area contributed by atoms with E-state index in [-0.39, 0.29) is 5.91 Å². The van der Waals surface area contributed by atoms with Gasteiger partial charge in [0.15, 0.2) is 5.01 Å². The average molecular weight is 299 g/mol. The van der Waals surface area contributed by atoms with Crippen LogP contribution in [-0.4, -0.2) is 22.9 Å². The number of hydrogen-bond acceptors (Lipinski definition) is 5. The van der Waals surface area contributed by atoms with Crippen LogP contribution in [0.3, 0.4) is 0 Å². The number of nitrogens with zero attached hydrogens (tertiary/aromatic N) is 2. The van der Waals surface area contributed by atoms with Crippen LogP contribution in [0.15, 0.2) is 36.5 Å². The Bertz CT molecular complexity index is 796. The van der Waals surface area contributed by atoms with Gasteiger partial charge in [0.25, 0.3) is 5.91 Å². The quantitative estimate of drug-likeness (QED) is 0.807. The molecule has 0 saturated heterocycles. The SMILES string of the molecule is CNC(=O)c1nc2ccnc(Oc3ccc(C)cc3)c2s1. The standard InChI is InChI=1S/C15H13N3O2S/c1-9-3-5-10(6-4-9)20-14-12-11(7-8-17-14)18-15(21-12)13(19)16-2/h3-8H,1-2H3,(H,16,19). The van der Waals surface area contributed by atoms with Crippen molar-refractivity contribution in [3.05, 3.63) is 47.1 Å². The lowest BCUT2D eigenvalue weighted by molar-refractivity contribution is 0.0963. The summed E-state index contributed by atoms with van der Waals surface area (Å²) in [5.74, 6) is 0.956. The van der Waals surface area contributed by atoms with Crippen LogP contribution >= 0.6 is 11.3 Å². The Balaban J connectivity index is 2.00. The van der Waals surface area contributed by atoms with Gasteiger partial charge in [-0.3, -0.25) is 4.79 Å². The normalized spacial score (nSPS) is 10.6. The number of thiazole rings is 1. The molecule has 5 nitrogen and oxygen atoms in total. The van der Waals surface area contributed by atoms with Crippen molar-refractivity contribution in [1.29, 1.82) is 0 Å². The minimum atomic E-state index is -0.211. The van der Waals surface area contributed by atoms with Gasteiger partial charge in [-0.1, -0.05) is 17.7 Å². The highest BCUT2D eigenvalue weighted by molar-refractivity contribution is 7.20. The number of rotatable bonds is 3. The first-order valence-corrected chi connectivity index (χ1v) is 7.21. The Morgan fingerprint density at radius 1 is 1.24 bits per heavy atom. The molecule has 106 valence electrons. The molecule has 3 rings (SSSR count). The van der Waals surface area contributed by atoms with E-state index in [4.69, 9.17) is 4.74 Å². The van der Waals surface area contributed by atoms with Gasteiger partial charge in [-0.2, -0.15) is 0 Å². The molecule has 0 atom stereocenters. The predicted molar refractivity (Wildman–Crippen MR) is 82.1 cm³/mol. The first-order chi connectivity index (χ1) is 10.2. The highest BCUT2D eigenvalue weighted by Crippen LogP contribution is 2.32. The first kappa shape index (κ1) is 13.5. The number of fused-ring (bicyclic) bond motifs is 1. The van der Waals surface area contributed by atoms with Crippen molar-refractivity contribution < 1.29 is 9.53 Å². The number of aryl methyl sites for hydroxylation is 1. The van der Waals surface area contributed by atoms with Crippen molar-refractivity contribution in [2.45, 2.75) is 6.92 Å². The number of aromatic nitrogens is 2. The lowest BCUT2D eigenvalue weighted by Gasteiger charge is -2.05. The summed E-state index contributed by atoms with van der Waals surface area (Å²) in [6, 6.07) is 9.48. The first-order valence-electron chi connectivity index (χ1n) is 6.39. The molecule has 0 unspecified atom stereocenters. The van der Waals surface area contributed by atoms with Crippen LogP contribution in [0.1, 0.15) is 15.4 Å². The van der Waals surface area contributed by atoms with Gasteiger partial charge < -0.3 is 10.1 Å². The van der Waals surface area contributed by atoms with Gasteiger partial charge in [0.05, 0.1) is 5.52 Å². The van der Waals surface area contributed by atoms with E-state index in [2.05, 4.69) is 15.3 Å². The van der Waals surface area contributed by atoms with E-state index in [1.54, 1.807) is 19.3 Å². The lowest BCUT2D eigenvalue weighted by atomic mass is 10.2. The summed E-state index contributed by atoms with van der Waals surface area (Å²) in [5.41, 5.74) is 1.86. The fraction of sp³-hybridized carbons (Fsp3) is 0.133. The molecule has 0 fully saturated rings. The lowest BCUT2D eigenvalue weighted by Crippen LogP contribution is -2.17. The molecule has 0 radical (unpaired) electrons. The largest absolute Gasteiger partial charge is 0.438 e. The van der Waals surface area contributed by atoms with Crippen molar-refractivity contribution in [2.24, 2.45) is 0 Å². The third-order valence-corrected chi connectivity index (χ3v) is 3.99. The van der Waals surface area contributed by atoms with Crippen molar-refractivity contribution in [3.63, 3.8) is 0 Å². The van der Waals surface area contributed by atoms with Gasteiger partial charge in [0.2, 0.25) is 5.88 Å². The van der Waals surface area contributed by atoms with E-state index in [0.717, 1.165) is 10.3 Å². The van der Waals surface area contributed by atoms with Crippen LogP contribution in [0.25, 0.3) is 10.2 Å². The third kappa shape index (κ3) is 2.71. The Kier molecular flexibility index (Phi) is 3.53. The molecule has 1 N–H and O–H groups in total. The number of hydrogen-bond donors (Lipinski definition) is 1. The molecule has 21 heavy (non-hydrogen) atoms. The van der Waals surface area contributed by atoms with Gasteiger partial charge >= 0.3 is 0 Å². The second-order valence-corrected chi connectivity index (χ2v) is 5.48. The molecule has 2 heterocycles. The third-order valence-electron chi connectivity index (χ3n) is 2.93. The van der Waals surface area contributed by atoms with Gasteiger partial charge in [-0.25, -0.2) is 9.97 Å². The number of amides is 1. The fourth-order valence-corrected chi connectivity index (χ4v) is 2.76. The molecule has 2 aromatic heterocycles. The van der Waals surface area contributed by atoms with Crippen molar-refractivity contribution in [1.82, 2.24) is 15.3 Å². The zero-order valence-electron chi connectivity index (χ0n) is 11.6. The van der Waals surface area contributed by atoms with Gasteiger partial charge in [-0.15, -0.1) is 11.3 Å². The number of nitrogens with one attached hydrogen (secondary N) is 1. The monoisotopic (exact) mass is 299 g/mol. The summed E-state index contributed by atoms with van der Waals surface area (Å²) in [6.07, 6.45) is 1.62. The average Bonchev–Trinajstić information content (AvgIpc) is 2.94. The molecular formula is C15H13N3O2S. The Hall–Kier alpha value is -2.47. The zero-order valence-corrected chi connectivity index (χ0v) is 12.4. The van der Waals surface area contributed by atoms with Crippen molar-refractivity contribution in [3.8, 4) is 11.6 Å². The van der Waals surface area contributed by atoms with Crippen LogP contribution in [0.5, 0.6) is 11.6 Å². The molecule has 0 aliphatic carbocycles. The van der Waals surface area contributed by atoms with Crippen molar-refractivity contribution in [2.75, 3.05) is 7.05 Å². The second kappa shape index (κ2) is 5.49. The van der Waals surface area contributed by atoms with Crippen LogP contribution in [0.4, 0.5) is 0 Å². The Labute approximate surface area is 125 Å². The van der Waals surface area contributed by atoms with Gasteiger partial charge in [0, 0.05) is 13.2 Å². The molecule has 1 amide bonds. The summed E-state index contributed by atoms with van der Waals surface area (Å²) in [4.78, 5) is 20.2. The molecule has 0 bridgehead atoms. The maximum Gasteiger partial charge on any atom is 0.280 e. The molecule has 1 aromatic carbocycles. The van der Waals surface area contributed by atoms with Gasteiger partial charge in [-0.05, 0) is 25.1 Å². The second-order valence-electron chi connectivity index (χ2n) is 4.48. The summed E-state index contributed by atoms with van der Waals surface area (Å²) in [5, 5.41) is 2.96. The number of carbonyl (C=O) groups is 1. The summed E-state index contributed by atoms with van der Waals surface area (Å²) < 4.78 is 6.56. The number of carbonyl (C=O) groups excluding carboxylic acids is 1. The van der Waals surface area contributed by atoms with E-state index in [9.17, 15) is 4.79 Å². The Morgan fingerprint density at radius 3 is 2.71 bits per heavy atom. The van der Waals surface area contributed by atoms with Crippen molar-refractivity contribution >= 4 is 27.5 Å². The van der Waals surface area contributed by atoms with Crippen LogP contribution < -0.4 is 10.1 Å².